The molecule has 0 aromatic carbocycles. The minimum atomic E-state index is -2.10. The van der Waals surface area contributed by atoms with Crippen LogP contribution in [0.15, 0.2) is 16.7 Å². The molecule has 0 spiro atoms. The molecular formula is C26H33N9OS. The molecule has 194 valence electrons. The smallest absolute Gasteiger partial charge is 0.237 e. The molecule has 1 unspecified atom stereocenters. The lowest BCUT2D eigenvalue weighted by Crippen LogP contribution is -2.45. The van der Waals surface area contributed by atoms with Crippen LogP contribution in [0.25, 0.3) is 11.5 Å². The second-order valence-corrected chi connectivity index (χ2v) is 11.3. The van der Waals surface area contributed by atoms with Gasteiger partial charge in [-0.1, -0.05) is 5.16 Å². The van der Waals surface area contributed by atoms with Crippen LogP contribution in [0.3, 0.4) is 0 Å². The highest BCUT2D eigenvalue weighted by Crippen LogP contribution is 2.48. The van der Waals surface area contributed by atoms with Crippen molar-refractivity contribution in [3.8, 4) is 17.6 Å². The molecule has 0 saturated carbocycles. The highest BCUT2D eigenvalue weighted by atomic mass is 32.1. The van der Waals surface area contributed by atoms with Gasteiger partial charge in [-0.25, -0.2) is 4.98 Å². The number of rotatable bonds is 4. The number of likely N-dealkylation sites (N-methyl/N-ethyl adjacent to an activating group) is 1. The van der Waals surface area contributed by atoms with Crippen LogP contribution in [0.5, 0.6) is 0 Å². The number of nitrogens with one attached hydrogen (secondary N) is 1. The molecule has 1 atom stereocenters. The van der Waals surface area contributed by atoms with E-state index in [1.54, 1.807) is 0 Å². The molecule has 2 fully saturated rings. The van der Waals surface area contributed by atoms with E-state index in [0.29, 0.717) is 54.2 Å². The number of fused-ring (bicyclic) bond motifs is 1. The first-order chi connectivity index (χ1) is 19.2. The number of nitriles is 1. The fraction of sp³-hybridized carbons (Fsp3) is 0.538. The lowest BCUT2D eigenvalue weighted by Gasteiger charge is -2.35. The van der Waals surface area contributed by atoms with Crippen molar-refractivity contribution >= 4 is 27.8 Å². The Morgan fingerprint density at radius 2 is 1.97 bits per heavy atom. The van der Waals surface area contributed by atoms with E-state index in [2.05, 4.69) is 39.3 Å². The van der Waals surface area contributed by atoms with Crippen LogP contribution in [0.2, 0.25) is 0 Å². The monoisotopic (exact) mass is 522 g/mol. The number of aromatic nitrogens is 3. The molecule has 3 aromatic rings. The number of nitrogens with two attached hydrogens (primary N) is 1. The molecule has 1 aliphatic carbocycles. The number of hydrogen-bond acceptors (Lipinski definition) is 11. The van der Waals surface area contributed by atoms with Gasteiger partial charge in [-0.15, -0.1) is 11.3 Å². The summed E-state index contributed by atoms with van der Waals surface area (Å²) in [7, 11) is 0. The molecule has 3 aromatic heterocycles. The minimum Gasteiger partial charge on any atom is -0.389 e. The third kappa shape index (κ3) is 4.33. The highest BCUT2D eigenvalue weighted by molar-refractivity contribution is 7.16. The van der Waals surface area contributed by atoms with E-state index in [-0.39, 0.29) is 0 Å². The number of nitrogens with zero attached hydrogens (tertiary/aromatic N) is 7. The predicted octanol–water partition coefficient (Wildman–Crippen LogP) is 2.45. The Bertz CT molecular complexity index is 1430. The lowest BCUT2D eigenvalue weighted by molar-refractivity contribution is 0.300. The van der Waals surface area contributed by atoms with Crippen molar-refractivity contribution in [1.29, 1.82) is 5.26 Å². The maximum Gasteiger partial charge on any atom is 0.237 e. The van der Waals surface area contributed by atoms with Crippen molar-refractivity contribution in [2.24, 2.45) is 0 Å². The summed E-state index contributed by atoms with van der Waals surface area (Å²) in [5.74, 6) is 1.62. The minimum absolute atomic E-state index is 0.393. The molecule has 6 rings (SSSR count). The third-order valence-corrected chi connectivity index (χ3v) is 8.84. The summed E-state index contributed by atoms with van der Waals surface area (Å²) in [5.41, 5.74) is 8.65. The van der Waals surface area contributed by atoms with Crippen LogP contribution in [-0.2, 0) is 11.8 Å². The summed E-state index contributed by atoms with van der Waals surface area (Å²) >= 11 is 1.48. The zero-order chi connectivity index (χ0) is 28.1. The van der Waals surface area contributed by atoms with Crippen LogP contribution < -0.4 is 20.9 Å². The lowest BCUT2D eigenvalue weighted by atomic mass is 9.72. The van der Waals surface area contributed by atoms with Crippen molar-refractivity contribution in [2.75, 3.05) is 74.9 Å². The van der Waals surface area contributed by atoms with E-state index < -0.39 is 12.4 Å². The Morgan fingerprint density at radius 1 is 1.16 bits per heavy atom. The third-order valence-electron chi connectivity index (χ3n) is 7.76. The van der Waals surface area contributed by atoms with Crippen LogP contribution in [0, 0.1) is 11.3 Å². The SMILES string of the molecule is [2H]C([2H])([2H])N1CCN(c2cc(N3CCNCC3)cc(-c3noc(C4(C)CCCc5sc(N)c(C#N)c54)n3)n2)CC1. The molecule has 2 aliphatic heterocycles. The van der Waals surface area contributed by atoms with Crippen molar-refractivity contribution in [3.05, 3.63) is 34.0 Å². The van der Waals surface area contributed by atoms with E-state index in [9.17, 15) is 5.26 Å². The first kappa shape index (κ1) is 20.8. The van der Waals surface area contributed by atoms with Gasteiger partial charge >= 0.3 is 0 Å². The van der Waals surface area contributed by atoms with Gasteiger partial charge in [-0.05, 0) is 39.2 Å². The molecule has 37 heavy (non-hydrogen) atoms. The number of thiophene rings is 1. The summed E-state index contributed by atoms with van der Waals surface area (Å²) in [5, 5.41) is 18.1. The molecule has 3 N–H and O–H groups in total. The Morgan fingerprint density at radius 3 is 2.73 bits per heavy atom. The molecule has 3 aliphatic rings. The Balaban J connectivity index is 1.36. The van der Waals surface area contributed by atoms with Gasteiger partial charge in [-0.3, -0.25) is 0 Å². The normalized spacial score (nSPS) is 24.2. The second-order valence-electron chi connectivity index (χ2n) is 10.1. The molecule has 0 radical (unpaired) electrons. The van der Waals surface area contributed by atoms with Gasteiger partial charge in [0.05, 0.1) is 11.0 Å². The standard InChI is InChI=1S/C26H33N9OS/c1-26(5-3-4-20-22(26)18(16-27)23(28)37-20)25-31-24(32-36-25)19-14-17(34-8-6-29-7-9-34)15-21(30-19)35-12-10-33(2)11-13-35/h14-15,29H,3-13,28H2,1-2H3/i2D3. The van der Waals surface area contributed by atoms with E-state index in [4.69, 9.17) is 24.3 Å². The maximum absolute atomic E-state index is 9.85. The number of anilines is 3. The average molecular weight is 523 g/mol. The van der Waals surface area contributed by atoms with Gasteiger partial charge in [0.1, 0.15) is 22.6 Å². The fourth-order valence-corrected chi connectivity index (χ4v) is 6.87. The number of pyridine rings is 1. The number of piperazine rings is 2. The summed E-state index contributed by atoms with van der Waals surface area (Å²) < 4.78 is 29.1. The zero-order valence-corrected chi connectivity index (χ0v) is 21.8. The summed E-state index contributed by atoms with van der Waals surface area (Å²) in [4.78, 5) is 16.9. The quantitative estimate of drug-likeness (QED) is 0.528. The largest absolute Gasteiger partial charge is 0.389 e. The molecule has 0 bridgehead atoms. The summed E-state index contributed by atoms with van der Waals surface area (Å²) in [6.45, 7) is 5.46. The van der Waals surface area contributed by atoms with E-state index in [0.717, 1.165) is 67.4 Å². The van der Waals surface area contributed by atoms with Crippen molar-refractivity contribution in [1.82, 2.24) is 25.3 Å². The van der Waals surface area contributed by atoms with Crippen molar-refractivity contribution in [2.45, 2.75) is 31.6 Å². The fourth-order valence-electron chi connectivity index (χ4n) is 5.68. The number of hydrogen-bond donors (Lipinski definition) is 2. The van der Waals surface area contributed by atoms with Crippen LogP contribution in [0.4, 0.5) is 16.5 Å². The molecule has 5 heterocycles. The summed E-state index contributed by atoms with van der Waals surface area (Å²) in [6, 6.07) is 6.37. The van der Waals surface area contributed by atoms with Gasteiger partial charge in [0.25, 0.3) is 0 Å². The predicted molar refractivity (Wildman–Crippen MR) is 145 cm³/mol. The van der Waals surface area contributed by atoms with Crippen molar-refractivity contribution < 1.29 is 8.64 Å². The van der Waals surface area contributed by atoms with Crippen LogP contribution in [-0.4, -0.2) is 79.4 Å². The second kappa shape index (κ2) is 9.59. The molecule has 0 amide bonds. The maximum atomic E-state index is 9.85. The van der Waals surface area contributed by atoms with Gasteiger partial charge in [0, 0.05) is 78.7 Å². The first-order valence-corrected chi connectivity index (χ1v) is 13.6. The van der Waals surface area contributed by atoms with E-state index in [1.807, 2.05) is 6.07 Å². The van der Waals surface area contributed by atoms with E-state index in [1.165, 1.54) is 16.2 Å². The Hall–Kier alpha value is -3.20. The highest BCUT2D eigenvalue weighted by Gasteiger charge is 2.43. The van der Waals surface area contributed by atoms with Crippen LogP contribution >= 0.6 is 11.3 Å². The first-order valence-electron chi connectivity index (χ1n) is 14.3. The number of aryl methyl sites for hydroxylation is 1. The van der Waals surface area contributed by atoms with Crippen LogP contribution in [0.1, 0.15) is 45.8 Å². The Labute approximate surface area is 225 Å². The number of nitrogen functional groups attached to an aromatic ring is 1. The van der Waals surface area contributed by atoms with E-state index >= 15 is 0 Å². The van der Waals surface area contributed by atoms with Gasteiger partial charge < -0.3 is 30.3 Å². The van der Waals surface area contributed by atoms with Crippen molar-refractivity contribution in [3.63, 3.8) is 0 Å². The molecule has 11 heteroatoms. The average Bonchev–Trinajstić information content (AvgIpc) is 3.59. The topological polar surface area (TPSA) is 123 Å². The van der Waals surface area contributed by atoms with Gasteiger partial charge in [0.15, 0.2) is 0 Å². The summed E-state index contributed by atoms with van der Waals surface area (Å²) in [6.07, 6.45) is 2.60. The zero-order valence-electron chi connectivity index (χ0n) is 24.0. The molecular weight excluding hydrogens is 486 g/mol. The molecule has 10 nitrogen and oxygen atoms in total. The van der Waals surface area contributed by atoms with Gasteiger partial charge in [0.2, 0.25) is 11.7 Å². The van der Waals surface area contributed by atoms with Gasteiger partial charge in [-0.2, -0.15) is 10.2 Å². The Kier molecular flexibility index (Phi) is 5.40. The molecule has 2 saturated heterocycles.